The average molecular weight is 382 g/mol. The second kappa shape index (κ2) is 8.46. The molecule has 0 saturated heterocycles. The molecule has 0 saturated carbocycles. The van der Waals surface area contributed by atoms with Crippen LogP contribution in [-0.2, 0) is 17.6 Å². The highest BCUT2D eigenvalue weighted by Gasteiger charge is 2.19. The van der Waals surface area contributed by atoms with Gasteiger partial charge < -0.3 is 15.5 Å². The van der Waals surface area contributed by atoms with Crippen LogP contribution in [0.1, 0.15) is 27.2 Å². The van der Waals surface area contributed by atoms with Crippen molar-refractivity contribution in [2.75, 3.05) is 5.32 Å². The first-order valence-corrected chi connectivity index (χ1v) is 9.19. The number of benzene rings is 2. The van der Waals surface area contributed by atoms with E-state index in [-0.39, 0.29) is 5.56 Å². The number of aliphatic carboxylic acids is 1. The number of hydrogen-bond donors (Lipinski definition) is 3. The van der Waals surface area contributed by atoms with E-state index in [4.69, 9.17) is 5.11 Å². The van der Waals surface area contributed by atoms with Gasteiger partial charge >= 0.3 is 11.9 Å². The van der Waals surface area contributed by atoms with E-state index in [0.29, 0.717) is 18.0 Å². The third-order valence-electron chi connectivity index (χ3n) is 4.02. The molecule has 3 aromatic rings. The molecule has 1 atom stereocenters. The number of hydrogen-bond acceptors (Lipinski definition) is 5. The summed E-state index contributed by atoms with van der Waals surface area (Å²) in [6.45, 7) is 0. The highest BCUT2D eigenvalue weighted by Crippen LogP contribution is 2.20. The Hall–Kier alpha value is -3.19. The predicted octanol–water partition coefficient (Wildman–Crippen LogP) is 3.54. The standard InChI is InChI=1S/C20H18N2O4S/c23-18(24)15-8-6-14(7-9-15)10-16-12-27-20(21-16)22-17(19(25)26)11-13-4-2-1-3-5-13/h1-9,12,17H,10-11H2,(H,21,22)(H,23,24)(H,25,26)/t17-/m1/s1. The van der Waals surface area contributed by atoms with Crippen molar-refractivity contribution in [3.05, 3.63) is 82.4 Å². The fourth-order valence-electron chi connectivity index (χ4n) is 2.63. The normalized spacial score (nSPS) is 11.7. The second-order valence-corrected chi connectivity index (χ2v) is 6.91. The van der Waals surface area contributed by atoms with Crippen LogP contribution >= 0.6 is 11.3 Å². The van der Waals surface area contributed by atoms with Crippen LogP contribution in [0.3, 0.4) is 0 Å². The van der Waals surface area contributed by atoms with Gasteiger partial charge in [0, 0.05) is 18.2 Å². The number of aromatic carboxylic acids is 1. The van der Waals surface area contributed by atoms with E-state index in [1.54, 1.807) is 24.3 Å². The molecule has 138 valence electrons. The Kier molecular flexibility index (Phi) is 5.83. The van der Waals surface area contributed by atoms with E-state index in [0.717, 1.165) is 16.8 Å². The predicted molar refractivity (Wildman–Crippen MR) is 104 cm³/mol. The number of rotatable bonds is 8. The van der Waals surface area contributed by atoms with Gasteiger partial charge in [0.1, 0.15) is 6.04 Å². The summed E-state index contributed by atoms with van der Waals surface area (Å²) in [5.74, 6) is -1.89. The molecule has 0 spiro atoms. The Morgan fingerprint density at radius 1 is 1.00 bits per heavy atom. The molecular weight excluding hydrogens is 364 g/mol. The number of anilines is 1. The molecule has 0 bridgehead atoms. The van der Waals surface area contributed by atoms with Crippen LogP contribution in [0.2, 0.25) is 0 Å². The third kappa shape index (κ3) is 5.15. The molecule has 3 N–H and O–H groups in total. The van der Waals surface area contributed by atoms with Crippen LogP contribution in [0.15, 0.2) is 60.0 Å². The van der Waals surface area contributed by atoms with Gasteiger partial charge in [-0.3, -0.25) is 0 Å². The number of nitrogens with one attached hydrogen (secondary N) is 1. The van der Waals surface area contributed by atoms with E-state index in [9.17, 15) is 14.7 Å². The zero-order valence-electron chi connectivity index (χ0n) is 14.3. The lowest BCUT2D eigenvalue weighted by Crippen LogP contribution is -2.31. The summed E-state index contributed by atoms with van der Waals surface area (Å²) < 4.78 is 0. The maximum absolute atomic E-state index is 11.6. The molecule has 7 heteroatoms. The van der Waals surface area contributed by atoms with E-state index >= 15 is 0 Å². The molecule has 1 aromatic heterocycles. The van der Waals surface area contributed by atoms with E-state index < -0.39 is 18.0 Å². The first-order chi connectivity index (χ1) is 13.0. The molecule has 0 aliphatic carbocycles. The number of carboxylic acids is 2. The van der Waals surface area contributed by atoms with Crippen LogP contribution < -0.4 is 5.32 Å². The lowest BCUT2D eigenvalue weighted by atomic mass is 10.1. The SMILES string of the molecule is O=C(O)c1ccc(Cc2csc(N[C@H](Cc3ccccc3)C(=O)O)n2)cc1. The van der Waals surface area contributed by atoms with Crippen LogP contribution in [0.5, 0.6) is 0 Å². The zero-order chi connectivity index (χ0) is 19.2. The average Bonchev–Trinajstić information content (AvgIpc) is 3.09. The van der Waals surface area contributed by atoms with Crippen molar-refractivity contribution in [1.82, 2.24) is 4.98 Å². The Balaban J connectivity index is 1.65. The molecule has 0 radical (unpaired) electrons. The molecule has 1 heterocycles. The van der Waals surface area contributed by atoms with Gasteiger partial charge in [-0.2, -0.15) is 0 Å². The quantitative estimate of drug-likeness (QED) is 0.551. The van der Waals surface area contributed by atoms with Crippen molar-refractivity contribution in [2.24, 2.45) is 0 Å². The van der Waals surface area contributed by atoms with Crippen molar-refractivity contribution in [1.29, 1.82) is 0 Å². The Bertz CT molecular complexity index is 923. The first-order valence-electron chi connectivity index (χ1n) is 8.31. The maximum Gasteiger partial charge on any atom is 0.335 e. The van der Waals surface area contributed by atoms with Gasteiger partial charge in [0.05, 0.1) is 11.3 Å². The summed E-state index contributed by atoms with van der Waals surface area (Å²) in [4.78, 5) is 26.9. The number of carbonyl (C=O) groups is 2. The largest absolute Gasteiger partial charge is 0.480 e. The molecule has 3 rings (SSSR count). The van der Waals surface area contributed by atoms with Gasteiger partial charge in [-0.05, 0) is 23.3 Å². The molecule has 27 heavy (non-hydrogen) atoms. The number of nitrogens with zero attached hydrogens (tertiary/aromatic N) is 1. The monoisotopic (exact) mass is 382 g/mol. The summed E-state index contributed by atoms with van der Waals surface area (Å²) >= 11 is 1.35. The van der Waals surface area contributed by atoms with Gasteiger partial charge in [0.25, 0.3) is 0 Å². The van der Waals surface area contributed by atoms with Gasteiger partial charge in [0.2, 0.25) is 0 Å². The van der Waals surface area contributed by atoms with E-state index in [1.807, 2.05) is 35.7 Å². The smallest absolute Gasteiger partial charge is 0.335 e. The molecule has 0 aliphatic heterocycles. The summed E-state index contributed by atoms with van der Waals surface area (Å²) in [6.07, 6.45) is 0.913. The summed E-state index contributed by atoms with van der Waals surface area (Å²) in [5.41, 5.74) is 2.92. The molecular formula is C20H18N2O4S. The van der Waals surface area contributed by atoms with E-state index in [2.05, 4.69) is 10.3 Å². The Morgan fingerprint density at radius 2 is 1.70 bits per heavy atom. The lowest BCUT2D eigenvalue weighted by molar-refractivity contribution is -0.137. The highest BCUT2D eigenvalue weighted by atomic mass is 32.1. The first kappa shape index (κ1) is 18.6. The number of thiazole rings is 1. The Morgan fingerprint density at radius 3 is 2.33 bits per heavy atom. The molecule has 6 nitrogen and oxygen atoms in total. The van der Waals surface area contributed by atoms with Crippen LogP contribution in [0.25, 0.3) is 0 Å². The highest BCUT2D eigenvalue weighted by molar-refractivity contribution is 7.13. The van der Waals surface area contributed by atoms with Gasteiger partial charge in [-0.1, -0.05) is 42.5 Å². The van der Waals surface area contributed by atoms with Crippen molar-refractivity contribution in [3.8, 4) is 0 Å². The van der Waals surface area contributed by atoms with Gasteiger partial charge in [-0.15, -0.1) is 11.3 Å². The maximum atomic E-state index is 11.6. The minimum atomic E-state index is -0.958. The van der Waals surface area contributed by atoms with Crippen LogP contribution in [-0.4, -0.2) is 33.2 Å². The topological polar surface area (TPSA) is 99.5 Å². The fourth-order valence-corrected chi connectivity index (χ4v) is 3.39. The lowest BCUT2D eigenvalue weighted by Gasteiger charge is -2.13. The van der Waals surface area contributed by atoms with Crippen LogP contribution in [0.4, 0.5) is 5.13 Å². The third-order valence-corrected chi connectivity index (χ3v) is 4.84. The molecule has 2 aromatic carbocycles. The van der Waals surface area contributed by atoms with Crippen LogP contribution in [0, 0.1) is 0 Å². The minimum Gasteiger partial charge on any atom is -0.480 e. The molecule has 0 aliphatic rings. The van der Waals surface area contributed by atoms with Gasteiger partial charge in [0.15, 0.2) is 5.13 Å². The van der Waals surface area contributed by atoms with Crippen molar-refractivity contribution >= 4 is 28.4 Å². The summed E-state index contributed by atoms with van der Waals surface area (Å²) in [6, 6.07) is 15.3. The summed E-state index contributed by atoms with van der Waals surface area (Å²) in [7, 11) is 0. The fraction of sp³-hybridized carbons (Fsp3) is 0.150. The molecule has 0 fully saturated rings. The van der Waals surface area contributed by atoms with Crippen molar-refractivity contribution < 1.29 is 19.8 Å². The van der Waals surface area contributed by atoms with Crippen molar-refractivity contribution in [3.63, 3.8) is 0 Å². The summed E-state index contributed by atoms with van der Waals surface area (Å²) in [5, 5.41) is 23.8. The second-order valence-electron chi connectivity index (χ2n) is 6.05. The number of carboxylic acid groups (broad SMARTS) is 2. The molecule has 0 amide bonds. The molecule has 0 unspecified atom stereocenters. The van der Waals surface area contributed by atoms with E-state index in [1.165, 1.54) is 11.3 Å². The number of aromatic nitrogens is 1. The van der Waals surface area contributed by atoms with Crippen molar-refractivity contribution in [2.45, 2.75) is 18.9 Å². The Labute approximate surface area is 160 Å². The zero-order valence-corrected chi connectivity index (χ0v) is 15.1. The van der Waals surface area contributed by atoms with Gasteiger partial charge in [-0.25, -0.2) is 14.6 Å². The minimum absolute atomic E-state index is 0.240.